The van der Waals surface area contributed by atoms with Crippen molar-refractivity contribution in [1.82, 2.24) is 5.32 Å². The van der Waals surface area contributed by atoms with Crippen molar-refractivity contribution in [2.24, 2.45) is 0 Å². The lowest BCUT2D eigenvalue weighted by Gasteiger charge is -2.33. The van der Waals surface area contributed by atoms with Crippen LogP contribution in [0, 0.1) is 10.1 Å². The average molecular weight is 293 g/mol. The Morgan fingerprint density at radius 1 is 1.48 bits per heavy atom. The van der Waals surface area contributed by atoms with Gasteiger partial charge in [-0.1, -0.05) is 6.07 Å². The molecule has 2 amide bonds. The number of nitro groups is 1. The summed E-state index contributed by atoms with van der Waals surface area (Å²) in [5.74, 6) is -1.01. The van der Waals surface area contributed by atoms with Crippen molar-refractivity contribution in [3.63, 3.8) is 0 Å². The second kappa shape index (κ2) is 5.49. The predicted octanol–water partition coefficient (Wildman–Crippen LogP) is 0.499. The Morgan fingerprint density at radius 3 is 2.71 bits per heavy atom. The molecule has 2 rings (SSSR count). The average Bonchev–Trinajstić information content (AvgIpc) is 2.42. The molecule has 8 heteroatoms. The number of imide groups is 1. The summed E-state index contributed by atoms with van der Waals surface area (Å²) in [7, 11) is 0. The van der Waals surface area contributed by atoms with Gasteiger partial charge < -0.3 is 10.0 Å². The fraction of sp³-hybridized carbons (Fsp3) is 0.385. The molecule has 0 bridgehead atoms. The third-order valence-electron chi connectivity index (χ3n) is 3.41. The number of aliphatic hydroxyl groups is 1. The first-order chi connectivity index (χ1) is 9.81. The first-order valence-electron chi connectivity index (χ1n) is 6.38. The highest BCUT2D eigenvalue weighted by molar-refractivity contribution is 6.04. The second-order valence-corrected chi connectivity index (χ2v) is 4.90. The fourth-order valence-corrected chi connectivity index (χ4v) is 2.20. The Kier molecular flexibility index (Phi) is 3.90. The van der Waals surface area contributed by atoms with Crippen molar-refractivity contribution in [2.75, 3.05) is 11.4 Å². The molecule has 1 aliphatic heterocycles. The van der Waals surface area contributed by atoms with Crippen LogP contribution in [0.25, 0.3) is 0 Å². The molecule has 1 saturated heterocycles. The summed E-state index contributed by atoms with van der Waals surface area (Å²) >= 11 is 0. The molecule has 112 valence electrons. The summed E-state index contributed by atoms with van der Waals surface area (Å²) in [5.41, 5.74) is 0.328. The SMILES string of the molecule is CC1C(=O)NC(=O)CN1c1ccc([C@@H](C)O)cc1[N+](=O)[O-]. The monoisotopic (exact) mass is 293 g/mol. The molecule has 21 heavy (non-hydrogen) atoms. The van der Waals surface area contributed by atoms with Gasteiger partial charge >= 0.3 is 0 Å². The Bertz CT molecular complexity index is 614. The van der Waals surface area contributed by atoms with Crippen molar-refractivity contribution in [3.8, 4) is 0 Å². The van der Waals surface area contributed by atoms with Crippen LogP contribution in [0.5, 0.6) is 0 Å². The Labute approximate surface area is 120 Å². The molecule has 1 aromatic rings. The van der Waals surface area contributed by atoms with Crippen molar-refractivity contribution in [1.29, 1.82) is 0 Å². The van der Waals surface area contributed by atoms with E-state index < -0.39 is 28.9 Å². The van der Waals surface area contributed by atoms with Gasteiger partial charge in [0.2, 0.25) is 11.8 Å². The molecule has 1 heterocycles. The van der Waals surface area contributed by atoms with E-state index in [1.807, 2.05) is 0 Å². The van der Waals surface area contributed by atoms with Crippen LogP contribution < -0.4 is 10.2 Å². The third kappa shape index (κ3) is 2.84. The van der Waals surface area contributed by atoms with Gasteiger partial charge in [-0.3, -0.25) is 25.0 Å². The number of benzene rings is 1. The van der Waals surface area contributed by atoms with Crippen molar-refractivity contribution in [3.05, 3.63) is 33.9 Å². The van der Waals surface area contributed by atoms with Gasteiger partial charge in [0.15, 0.2) is 0 Å². The number of nitrogens with one attached hydrogen (secondary N) is 1. The number of anilines is 1. The molecule has 1 fully saturated rings. The van der Waals surface area contributed by atoms with Gasteiger partial charge in [-0.05, 0) is 25.5 Å². The minimum atomic E-state index is -0.846. The number of hydrogen-bond acceptors (Lipinski definition) is 6. The Hall–Kier alpha value is -2.48. The van der Waals surface area contributed by atoms with Crippen LogP contribution in [0.2, 0.25) is 0 Å². The molecule has 0 aliphatic carbocycles. The lowest BCUT2D eigenvalue weighted by Crippen LogP contribution is -2.57. The van der Waals surface area contributed by atoms with Crippen molar-refractivity contribution < 1.29 is 19.6 Å². The molecule has 1 unspecified atom stereocenters. The first-order valence-corrected chi connectivity index (χ1v) is 6.38. The quantitative estimate of drug-likeness (QED) is 0.476. The molecule has 1 aliphatic rings. The van der Waals surface area contributed by atoms with E-state index in [0.29, 0.717) is 5.56 Å². The number of carbonyl (C=O) groups is 2. The van der Waals surface area contributed by atoms with Crippen LogP contribution in [-0.4, -0.2) is 34.4 Å². The normalized spacial score (nSPS) is 20.1. The van der Waals surface area contributed by atoms with Crippen molar-refractivity contribution in [2.45, 2.75) is 26.0 Å². The lowest BCUT2D eigenvalue weighted by molar-refractivity contribution is -0.384. The molecular formula is C13H15N3O5. The van der Waals surface area contributed by atoms with Gasteiger partial charge in [-0.2, -0.15) is 0 Å². The maximum absolute atomic E-state index is 11.7. The van der Waals surface area contributed by atoms with E-state index in [1.165, 1.54) is 30.0 Å². The number of amides is 2. The van der Waals surface area contributed by atoms with E-state index >= 15 is 0 Å². The van der Waals surface area contributed by atoms with Crippen LogP contribution in [0.3, 0.4) is 0 Å². The number of nitro benzene ring substituents is 1. The van der Waals surface area contributed by atoms with Gasteiger partial charge in [0, 0.05) is 6.07 Å². The van der Waals surface area contributed by atoms with E-state index in [9.17, 15) is 24.8 Å². The number of piperazine rings is 1. The van der Waals surface area contributed by atoms with Crippen LogP contribution >= 0.6 is 0 Å². The van der Waals surface area contributed by atoms with Gasteiger partial charge in [0.05, 0.1) is 17.6 Å². The molecule has 2 N–H and O–H groups in total. The topological polar surface area (TPSA) is 113 Å². The molecule has 8 nitrogen and oxygen atoms in total. The number of hydrogen-bond donors (Lipinski definition) is 2. The molecule has 2 atom stereocenters. The summed E-state index contributed by atoms with van der Waals surface area (Å²) < 4.78 is 0. The Morgan fingerprint density at radius 2 is 2.14 bits per heavy atom. The molecule has 0 saturated carbocycles. The minimum absolute atomic E-state index is 0.137. The van der Waals surface area contributed by atoms with E-state index in [1.54, 1.807) is 6.92 Å². The van der Waals surface area contributed by atoms with E-state index in [-0.39, 0.29) is 17.9 Å². The highest BCUT2D eigenvalue weighted by atomic mass is 16.6. The van der Waals surface area contributed by atoms with Gasteiger partial charge in [0.1, 0.15) is 11.7 Å². The lowest BCUT2D eigenvalue weighted by atomic mass is 10.1. The van der Waals surface area contributed by atoms with E-state index in [0.717, 1.165) is 0 Å². The highest BCUT2D eigenvalue weighted by Crippen LogP contribution is 2.32. The summed E-state index contributed by atoms with van der Waals surface area (Å²) in [6.45, 7) is 2.93. The molecule has 1 aromatic carbocycles. The Balaban J connectivity index is 2.49. The number of carbonyl (C=O) groups excluding carboxylic acids is 2. The maximum atomic E-state index is 11.7. The fourth-order valence-electron chi connectivity index (χ4n) is 2.20. The first kappa shape index (κ1) is 14.9. The molecule has 0 radical (unpaired) electrons. The number of rotatable bonds is 3. The smallest absolute Gasteiger partial charge is 0.292 e. The summed E-state index contributed by atoms with van der Waals surface area (Å²) in [4.78, 5) is 35.1. The molecule has 0 spiro atoms. The zero-order chi connectivity index (χ0) is 15.7. The zero-order valence-electron chi connectivity index (χ0n) is 11.6. The van der Waals surface area contributed by atoms with Crippen LogP contribution in [0.1, 0.15) is 25.5 Å². The highest BCUT2D eigenvalue weighted by Gasteiger charge is 2.34. The maximum Gasteiger partial charge on any atom is 0.292 e. The second-order valence-electron chi connectivity index (χ2n) is 4.90. The minimum Gasteiger partial charge on any atom is -0.389 e. The third-order valence-corrected chi connectivity index (χ3v) is 3.41. The summed E-state index contributed by atoms with van der Waals surface area (Å²) in [5, 5.41) is 22.9. The van der Waals surface area contributed by atoms with E-state index in [2.05, 4.69) is 5.32 Å². The summed E-state index contributed by atoms with van der Waals surface area (Å²) in [6.07, 6.45) is -0.846. The van der Waals surface area contributed by atoms with Gasteiger partial charge in [-0.25, -0.2) is 0 Å². The molecule has 0 aromatic heterocycles. The van der Waals surface area contributed by atoms with Crippen LogP contribution in [-0.2, 0) is 9.59 Å². The predicted molar refractivity (Wildman–Crippen MR) is 73.7 cm³/mol. The van der Waals surface area contributed by atoms with Crippen molar-refractivity contribution >= 4 is 23.2 Å². The van der Waals surface area contributed by atoms with Crippen LogP contribution in [0.4, 0.5) is 11.4 Å². The molecular weight excluding hydrogens is 278 g/mol. The number of nitrogens with zero attached hydrogens (tertiary/aromatic N) is 2. The van der Waals surface area contributed by atoms with Crippen LogP contribution in [0.15, 0.2) is 18.2 Å². The summed E-state index contributed by atoms with van der Waals surface area (Å²) in [6, 6.07) is 3.54. The number of aliphatic hydroxyl groups excluding tert-OH is 1. The standard InChI is InChI=1S/C13H15N3O5/c1-7-13(19)14-12(18)6-15(7)10-4-3-9(8(2)17)5-11(10)16(20)21/h3-5,7-8,17H,6H2,1-2H3,(H,14,18,19)/t7?,8-/m1/s1. The van der Waals surface area contributed by atoms with Gasteiger partial charge in [0.25, 0.3) is 5.69 Å². The van der Waals surface area contributed by atoms with Gasteiger partial charge in [-0.15, -0.1) is 0 Å². The zero-order valence-corrected chi connectivity index (χ0v) is 11.6. The van der Waals surface area contributed by atoms with E-state index in [4.69, 9.17) is 0 Å². The largest absolute Gasteiger partial charge is 0.389 e.